The largest absolute Gasteiger partial charge is 0.372 e. The van der Waals surface area contributed by atoms with Gasteiger partial charge < -0.3 is 4.90 Å². The molecule has 0 unspecified atom stereocenters. The van der Waals surface area contributed by atoms with Crippen LogP contribution in [-0.4, -0.2) is 37.6 Å². The number of rotatable bonds is 6. The van der Waals surface area contributed by atoms with Gasteiger partial charge in [-0.25, -0.2) is 8.42 Å². The van der Waals surface area contributed by atoms with E-state index < -0.39 is 14.8 Å². The summed E-state index contributed by atoms with van der Waals surface area (Å²) in [5.74, 6) is 0. The highest BCUT2D eigenvalue weighted by molar-refractivity contribution is 8.03. The Morgan fingerprint density at radius 1 is 1.26 bits per heavy atom. The zero-order chi connectivity index (χ0) is 16.9. The molecule has 1 aliphatic heterocycles. The second kappa shape index (κ2) is 7.65. The second-order valence-corrected chi connectivity index (χ2v) is 7.67. The van der Waals surface area contributed by atoms with Crippen LogP contribution in [0, 0.1) is 10.1 Å². The summed E-state index contributed by atoms with van der Waals surface area (Å²) in [7, 11) is -3.95. The maximum Gasteiger partial charge on any atom is 0.304 e. The third-order valence-electron chi connectivity index (χ3n) is 3.46. The Labute approximate surface area is 139 Å². The normalized spacial score (nSPS) is 16.7. The van der Waals surface area contributed by atoms with Crippen molar-refractivity contribution >= 4 is 21.6 Å². The zero-order valence-corrected chi connectivity index (χ0v) is 14.3. The zero-order valence-electron chi connectivity index (χ0n) is 12.7. The molecule has 1 aromatic rings. The van der Waals surface area contributed by atoms with Gasteiger partial charge in [0.25, 0.3) is 0 Å². The number of hydrogen-bond acceptors (Lipinski definition) is 6. The topological polar surface area (TPSA) is 80.5 Å². The molecule has 0 aromatic heterocycles. The van der Waals surface area contributed by atoms with Gasteiger partial charge in [0, 0.05) is 13.1 Å². The fraction of sp³-hybridized carbons (Fsp3) is 0.333. The number of sulfone groups is 1. The van der Waals surface area contributed by atoms with E-state index in [4.69, 9.17) is 0 Å². The Morgan fingerprint density at radius 3 is 2.39 bits per heavy atom. The molecule has 2 rings (SSSR count). The minimum Gasteiger partial charge on any atom is -0.372 e. The molecule has 8 heteroatoms. The predicted octanol–water partition coefficient (Wildman–Crippen LogP) is 2.88. The molecule has 0 atom stereocenters. The van der Waals surface area contributed by atoms with Gasteiger partial charge >= 0.3 is 5.70 Å². The monoisotopic (exact) mass is 354 g/mol. The van der Waals surface area contributed by atoms with Crippen LogP contribution in [0.25, 0.3) is 0 Å². The number of hydrogen-bond donors (Lipinski definition) is 0. The minimum absolute atomic E-state index is 0.0504. The molecule has 0 radical (unpaired) electrons. The van der Waals surface area contributed by atoms with Gasteiger partial charge in [-0.2, -0.15) is 0 Å². The van der Waals surface area contributed by atoms with E-state index in [2.05, 4.69) is 0 Å². The van der Waals surface area contributed by atoms with Crippen LogP contribution in [0.1, 0.15) is 12.8 Å². The number of nitro groups is 1. The highest BCUT2D eigenvalue weighted by Gasteiger charge is 2.32. The molecule has 124 valence electrons. The number of nitrogens with zero attached hydrogens (tertiary/aromatic N) is 2. The molecule has 0 saturated carbocycles. The molecule has 0 N–H and O–H groups in total. The molecular formula is C15H18N2O4S2. The van der Waals surface area contributed by atoms with Gasteiger partial charge in [0.05, 0.1) is 16.0 Å². The number of benzene rings is 1. The molecule has 1 fully saturated rings. The van der Waals surface area contributed by atoms with E-state index in [1.54, 1.807) is 29.4 Å². The van der Waals surface area contributed by atoms with Crippen molar-refractivity contribution in [2.24, 2.45) is 0 Å². The number of likely N-dealkylation sites (tertiary alicyclic amines) is 1. The summed E-state index contributed by atoms with van der Waals surface area (Å²) in [6.45, 7) is 1.41. The summed E-state index contributed by atoms with van der Waals surface area (Å²) < 4.78 is 25.6. The van der Waals surface area contributed by atoms with Gasteiger partial charge in [-0.15, -0.1) is 11.8 Å². The maximum atomic E-state index is 12.8. The second-order valence-electron chi connectivity index (χ2n) is 5.05. The first-order chi connectivity index (χ1) is 11.0. The Morgan fingerprint density at radius 2 is 1.87 bits per heavy atom. The van der Waals surface area contributed by atoms with Crippen molar-refractivity contribution in [1.29, 1.82) is 0 Å². The maximum absolute atomic E-state index is 12.8. The predicted molar refractivity (Wildman–Crippen MR) is 91.1 cm³/mol. The lowest BCUT2D eigenvalue weighted by atomic mass is 10.4. The van der Waals surface area contributed by atoms with Crippen molar-refractivity contribution in [2.45, 2.75) is 17.7 Å². The van der Waals surface area contributed by atoms with Crippen molar-refractivity contribution in [3.8, 4) is 0 Å². The van der Waals surface area contributed by atoms with Gasteiger partial charge in [0.2, 0.25) is 9.84 Å². The molecular weight excluding hydrogens is 336 g/mol. The molecule has 0 aliphatic carbocycles. The van der Waals surface area contributed by atoms with Crippen LogP contribution >= 0.6 is 11.8 Å². The van der Waals surface area contributed by atoms with Crippen LogP contribution in [-0.2, 0) is 9.84 Å². The minimum atomic E-state index is -3.95. The third-order valence-corrected chi connectivity index (χ3v) is 5.88. The summed E-state index contributed by atoms with van der Waals surface area (Å²) >= 11 is 1.13. The SMILES string of the molecule is CSC=C(C(=CN1CCCC1)[N+](=O)[O-])S(=O)(=O)c1ccccc1. The van der Waals surface area contributed by atoms with Gasteiger partial charge in [-0.05, 0) is 36.6 Å². The van der Waals surface area contributed by atoms with Gasteiger partial charge in [-0.3, -0.25) is 10.1 Å². The van der Waals surface area contributed by atoms with Crippen molar-refractivity contribution in [1.82, 2.24) is 4.90 Å². The Bertz CT molecular complexity index is 721. The van der Waals surface area contributed by atoms with Crippen LogP contribution < -0.4 is 0 Å². The van der Waals surface area contributed by atoms with Crippen LogP contribution in [0.5, 0.6) is 0 Å². The van der Waals surface area contributed by atoms with Crippen LogP contribution in [0.3, 0.4) is 0 Å². The van der Waals surface area contributed by atoms with E-state index in [1.807, 2.05) is 0 Å². The lowest BCUT2D eigenvalue weighted by molar-refractivity contribution is -0.420. The van der Waals surface area contributed by atoms with E-state index in [0.717, 1.165) is 24.6 Å². The van der Waals surface area contributed by atoms with Crippen molar-refractivity contribution < 1.29 is 13.3 Å². The third kappa shape index (κ3) is 4.14. The quantitative estimate of drug-likeness (QED) is 0.444. The summed E-state index contributed by atoms with van der Waals surface area (Å²) in [6, 6.07) is 7.78. The smallest absolute Gasteiger partial charge is 0.304 e. The highest BCUT2D eigenvalue weighted by atomic mass is 32.2. The Kier molecular flexibility index (Phi) is 5.84. The fourth-order valence-electron chi connectivity index (χ4n) is 2.34. The molecule has 1 heterocycles. The van der Waals surface area contributed by atoms with E-state index in [0.29, 0.717) is 13.1 Å². The average Bonchev–Trinajstić information content (AvgIpc) is 3.04. The molecule has 0 bridgehead atoms. The molecule has 1 aromatic carbocycles. The number of thioether (sulfide) groups is 1. The molecule has 6 nitrogen and oxygen atoms in total. The molecule has 0 amide bonds. The van der Waals surface area contributed by atoms with Crippen molar-refractivity contribution in [3.63, 3.8) is 0 Å². The fourth-order valence-corrected chi connectivity index (χ4v) is 4.64. The Balaban J connectivity index is 2.51. The lowest BCUT2D eigenvalue weighted by Crippen LogP contribution is -2.18. The van der Waals surface area contributed by atoms with Gasteiger partial charge in [-0.1, -0.05) is 18.2 Å². The Hall–Kier alpha value is -1.80. The summed E-state index contributed by atoms with van der Waals surface area (Å²) in [4.78, 5) is 12.4. The van der Waals surface area contributed by atoms with Gasteiger partial charge in [0.1, 0.15) is 0 Å². The van der Waals surface area contributed by atoms with Gasteiger partial charge in [0.15, 0.2) is 4.91 Å². The summed E-state index contributed by atoms with van der Waals surface area (Å²) in [6.07, 6.45) is 4.94. The first-order valence-corrected chi connectivity index (χ1v) is 9.87. The van der Waals surface area contributed by atoms with E-state index in [-0.39, 0.29) is 15.5 Å². The molecule has 23 heavy (non-hydrogen) atoms. The average molecular weight is 354 g/mol. The van der Waals surface area contributed by atoms with E-state index in [9.17, 15) is 18.5 Å². The standard InChI is InChI=1S/C15H18N2O4S2/c1-22-12-15(23(20,21)13-7-3-2-4-8-13)14(17(18)19)11-16-9-5-6-10-16/h2-4,7-8,11-12H,5-6,9-10H2,1H3. The molecule has 0 spiro atoms. The summed E-state index contributed by atoms with van der Waals surface area (Å²) in [5, 5.41) is 12.8. The van der Waals surface area contributed by atoms with Crippen LogP contribution in [0.4, 0.5) is 0 Å². The molecule has 1 saturated heterocycles. The lowest BCUT2D eigenvalue weighted by Gasteiger charge is -2.13. The molecule has 1 aliphatic rings. The first kappa shape index (κ1) is 17.6. The van der Waals surface area contributed by atoms with Crippen LogP contribution in [0.15, 0.2) is 57.4 Å². The van der Waals surface area contributed by atoms with E-state index in [1.165, 1.54) is 23.7 Å². The van der Waals surface area contributed by atoms with E-state index >= 15 is 0 Å². The van der Waals surface area contributed by atoms with Crippen molar-refractivity contribution in [3.05, 3.63) is 62.7 Å². The first-order valence-electron chi connectivity index (χ1n) is 7.10. The van der Waals surface area contributed by atoms with Crippen LogP contribution in [0.2, 0.25) is 0 Å². The highest BCUT2D eigenvalue weighted by Crippen LogP contribution is 2.28. The summed E-state index contributed by atoms with van der Waals surface area (Å²) in [5.41, 5.74) is -0.384. The van der Waals surface area contributed by atoms with Crippen molar-refractivity contribution in [2.75, 3.05) is 19.3 Å².